The van der Waals surface area contributed by atoms with Gasteiger partial charge in [-0.15, -0.1) is 10.2 Å². The summed E-state index contributed by atoms with van der Waals surface area (Å²) in [6, 6.07) is 3.18. The topological polar surface area (TPSA) is 79.2 Å². The molecular weight excluding hydrogens is 272 g/mol. The van der Waals surface area contributed by atoms with Crippen LogP contribution in [-0.4, -0.2) is 40.4 Å². The van der Waals surface area contributed by atoms with Crippen molar-refractivity contribution in [3.63, 3.8) is 0 Å². The van der Waals surface area contributed by atoms with Gasteiger partial charge in [0.15, 0.2) is 4.34 Å². The molecular formula is C10H10N4O2S2. The summed E-state index contributed by atoms with van der Waals surface area (Å²) in [5.41, 5.74) is 0.172. The predicted octanol–water partition coefficient (Wildman–Crippen LogP) is 1.85. The van der Waals surface area contributed by atoms with Gasteiger partial charge in [-0.3, -0.25) is 0 Å². The molecule has 0 aromatic carbocycles. The van der Waals surface area contributed by atoms with Gasteiger partial charge in [0.25, 0.3) is 0 Å². The van der Waals surface area contributed by atoms with Gasteiger partial charge >= 0.3 is 5.97 Å². The summed E-state index contributed by atoms with van der Waals surface area (Å²) < 4.78 is 0.772. The Bertz CT molecular complexity index is 553. The first-order valence-corrected chi connectivity index (χ1v) is 6.57. The standard InChI is InChI=1S/C10H10N4O2S2/c1-14(2)9-12-13-10(18-9)17-7-4-3-6(5-11-7)8(15)16/h3-5H,1-2H3,(H,15,16). The number of pyridine rings is 1. The molecule has 0 fully saturated rings. The van der Waals surface area contributed by atoms with E-state index in [2.05, 4.69) is 15.2 Å². The van der Waals surface area contributed by atoms with E-state index in [1.165, 1.54) is 35.4 Å². The molecule has 6 nitrogen and oxygen atoms in total. The van der Waals surface area contributed by atoms with Crippen LogP contribution in [0.25, 0.3) is 0 Å². The highest BCUT2D eigenvalue weighted by Crippen LogP contribution is 2.31. The van der Waals surface area contributed by atoms with Crippen LogP contribution in [0.3, 0.4) is 0 Å². The van der Waals surface area contributed by atoms with Gasteiger partial charge in [-0.2, -0.15) is 0 Å². The first kappa shape index (κ1) is 12.8. The van der Waals surface area contributed by atoms with Gasteiger partial charge in [-0.05, 0) is 23.9 Å². The highest BCUT2D eigenvalue weighted by Gasteiger charge is 2.09. The third-order valence-electron chi connectivity index (χ3n) is 1.95. The highest BCUT2D eigenvalue weighted by atomic mass is 32.2. The lowest BCUT2D eigenvalue weighted by atomic mass is 10.3. The highest BCUT2D eigenvalue weighted by molar-refractivity contribution is 8.01. The number of hydrogen-bond acceptors (Lipinski definition) is 7. The van der Waals surface area contributed by atoms with Gasteiger partial charge in [0.1, 0.15) is 5.03 Å². The van der Waals surface area contributed by atoms with E-state index in [0.717, 1.165) is 9.47 Å². The molecule has 2 aromatic rings. The largest absolute Gasteiger partial charge is 0.478 e. The van der Waals surface area contributed by atoms with Gasteiger partial charge < -0.3 is 10.0 Å². The van der Waals surface area contributed by atoms with Gasteiger partial charge in [-0.25, -0.2) is 9.78 Å². The molecule has 2 aromatic heterocycles. The third-order valence-corrected chi connectivity index (χ3v) is 4.05. The van der Waals surface area contributed by atoms with Crippen molar-refractivity contribution in [2.24, 2.45) is 0 Å². The molecule has 1 N–H and O–H groups in total. The Morgan fingerprint density at radius 3 is 2.67 bits per heavy atom. The summed E-state index contributed by atoms with van der Waals surface area (Å²) in [5, 5.41) is 18.3. The summed E-state index contributed by atoms with van der Waals surface area (Å²) in [6.45, 7) is 0. The number of rotatable bonds is 4. The third kappa shape index (κ3) is 2.96. The molecule has 8 heteroatoms. The number of carboxylic acid groups (broad SMARTS) is 1. The summed E-state index contributed by atoms with van der Waals surface area (Å²) in [6.07, 6.45) is 1.33. The van der Waals surface area contributed by atoms with Crippen molar-refractivity contribution >= 4 is 34.2 Å². The number of carbonyl (C=O) groups is 1. The van der Waals surface area contributed by atoms with Crippen LogP contribution in [0.5, 0.6) is 0 Å². The first-order valence-electron chi connectivity index (χ1n) is 4.94. The maximum absolute atomic E-state index is 10.7. The molecule has 18 heavy (non-hydrogen) atoms. The van der Waals surface area contributed by atoms with Gasteiger partial charge in [-0.1, -0.05) is 11.3 Å². The van der Waals surface area contributed by atoms with E-state index in [-0.39, 0.29) is 5.56 Å². The van der Waals surface area contributed by atoms with E-state index in [1.54, 1.807) is 6.07 Å². The predicted molar refractivity (Wildman–Crippen MR) is 69.6 cm³/mol. The van der Waals surface area contributed by atoms with Crippen molar-refractivity contribution in [3.05, 3.63) is 23.9 Å². The van der Waals surface area contributed by atoms with Crippen molar-refractivity contribution in [1.29, 1.82) is 0 Å². The molecule has 0 aliphatic rings. The molecule has 0 bridgehead atoms. The lowest BCUT2D eigenvalue weighted by molar-refractivity contribution is 0.0696. The van der Waals surface area contributed by atoms with E-state index >= 15 is 0 Å². The Morgan fingerprint density at radius 2 is 2.17 bits per heavy atom. The quantitative estimate of drug-likeness (QED) is 0.916. The molecule has 0 radical (unpaired) electrons. The SMILES string of the molecule is CN(C)c1nnc(Sc2ccc(C(=O)O)cn2)s1. The number of hydrogen-bond donors (Lipinski definition) is 1. The second kappa shape index (κ2) is 5.32. The average Bonchev–Trinajstić information content (AvgIpc) is 2.78. The zero-order valence-corrected chi connectivity index (χ0v) is 11.3. The minimum atomic E-state index is -0.982. The van der Waals surface area contributed by atoms with E-state index in [1.807, 2.05) is 19.0 Å². The van der Waals surface area contributed by atoms with E-state index in [0.29, 0.717) is 5.03 Å². The Balaban J connectivity index is 2.10. The van der Waals surface area contributed by atoms with Crippen molar-refractivity contribution in [2.75, 3.05) is 19.0 Å². The van der Waals surface area contributed by atoms with Crippen LogP contribution in [0.2, 0.25) is 0 Å². The normalized spacial score (nSPS) is 10.3. The fraction of sp³-hybridized carbons (Fsp3) is 0.200. The second-order valence-electron chi connectivity index (χ2n) is 3.54. The van der Waals surface area contributed by atoms with E-state index in [9.17, 15) is 4.79 Å². The number of aromatic carboxylic acids is 1. The lowest BCUT2D eigenvalue weighted by Crippen LogP contribution is -2.07. The van der Waals surface area contributed by atoms with Crippen LogP contribution in [0.4, 0.5) is 5.13 Å². The first-order chi connectivity index (χ1) is 8.56. The van der Waals surface area contributed by atoms with Crippen LogP contribution in [0.15, 0.2) is 27.7 Å². The summed E-state index contributed by atoms with van der Waals surface area (Å²) in [5.74, 6) is -0.982. The summed E-state index contributed by atoms with van der Waals surface area (Å²) in [7, 11) is 3.80. The van der Waals surface area contributed by atoms with Crippen LogP contribution in [0.1, 0.15) is 10.4 Å². The van der Waals surface area contributed by atoms with E-state index in [4.69, 9.17) is 5.11 Å². The molecule has 0 spiro atoms. The summed E-state index contributed by atoms with van der Waals surface area (Å²) in [4.78, 5) is 16.6. The number of aromatic nitrogens is 3. The Hall–Kier alpha value is -1.67. The van der Waals surface area contributed by atoms with Gasteiger partial charge in [0.2, 0.25) is 5.13 Å². The van der Waals surface area contributed by atoms with Crippen LogP contribution in [-0.2, 0) is 0 Å². The van der Waals surface area contributed by atoms with Gasteiger partial charge in [0.05, 0.1) is 5.56 Å². The van der Waals surface area contributed by atoms with Gasteiger partial charge in [0, 0.05) is 20.3 Å². The molecule has 0 saturated carbocycles. The van der Waals surface area contributed by atoms with Crippen LogP contribution >= 0.6 is 23.1 Å². The molecule has 0 aliphatic heterocycles. The number of carboxylic acids is 1. The van der Waals surface area contributed by atoms with Crippen LogP contribution < -0.4 is 4.90 Å². The molecule has 0 amide bonds. The molecule has 0 unspecified atom stereocenters. The minimum Gasteiger partial charge on any atom is -0.478 e. The van der Waals surface area contributed by atoms with E-state index < -0.39 is 5.97 Å². The van der Waals surface area contributed by atoms with Crippen molar-refractivity contribution in [1.82, 2.24) is 15.2 Å². The molecule has 0 aliphatic carbocycles. The fourth-order valence-electron chi connectivity index (χ4n) is 1.08. The molecule has 0 saturated heterocycles. The Labute approximate surface area is 112 Å². The Morgan fingerprint density at radius 1 is 1.39 bits per heavy atom. The van der Waals surface area contributed by atoms with Crippen LogP contribution in [0, 0.1) is 0 Å². The number of nitrogens with zero attached hydrogens (tertiary/aromatic N) is 4. The minimum absolute atomic E-state index is 0.172. The maximum Gasteiger partial charge on any atom is 0.337 e. The van der Waals surface area contributed by atoms with Crippen molar-refractivity contribution in [3.8, 4) is 0 Å². The monoisotopic (exact) mass is 282 g/mol. The number of anilines is 1. The average molecular weight is 282 g/mol. The fourth-order valence-corrected chi connectivity index (χ4v) is 2.73. The molecule has 2 rings (SSSR count). The zero-order valence-electron chi connectivity index (χ0n) is 9.69. The van der Waals surface area contributed by atoms with Crippen molar-refractivity contribution in [2.45, 2.75) is 9.37 Å². The Kier molecular flexibility index (Phi) is 3.78. The lowest BCUT2D eigenvalue weighted by Gasteiger charge is -2.03. The zero-order chi connectivity index (χ0) is 13.1. The molecule has 94 valence electrons. The smallest absolute Gasteiger partial charge is 0.337 e. The second-order valence-corrected chi connectivity index (χ2v) is 5.76. The summed E-state index contributed by atoms with van der Waals surface area (Å²) >= 11 is 2.82. The maximum atomic E-state index is 10.7. The molecule has 0 atom stereocenters. The molecule has 2 heterocycles. The van der Waals surface area contributed by atoms with Crippen molar-refractivity contribution < 1.29 is 9.90 Å².